The predicted octanol–water partition coefficient (Wildman–Crippen LogP) is 1.38. The zero-order chi connectivity index (χ0) is 8.60. The van der Waals surface area contributed by atoms with E-state index in [0.29, 0.717) is 0 Å². The van der Waals surface area contributed by atoms with Crippen molar-refractivity contribution in [2.45, 2.75) is 5.41 Å². The molecule has 0 saturated carbocycles. The van der Waals surface area contributed by atoms with Crippen LogP contribution in [-0.4, -0.2) is 11.1 Å². The average molecular weight is 159 g/mol. The highest BCUT2D eigenvalue weighted by atomic mass is 16.4. The molecular weight excluding hydrogens is 152 g/mol. The Labute approximate surface area is 70.2 Å². The van der Waals surface area contributed by atoms with Crippen molar-refractivity contribution in [2.75, 3.05) is 0 Å². The van der Waals surface area contributed by atoms with Crippen LogP contribution in [0.4, 0.5) is 0 Å². The van der Waals surface area contributed by atoms with Crippen molar-refractivity contribution in [1.29, 1.82) is 0 Å². The Morgan fingerprint density at radius 2 is 1.92 bits per heavy atom. The fourth-order valence-corrected chi connectivity index (χ4v) is 1.19. The van der Waals surface area contributed by atoms with E-state index in [-0.39, 0.29) is 0 Å². The molecule has 0 heterocycles. The van der Waals surface area contributed by atoms with Gasteiger partial charge in [0.2, 0.25) is 0 Å². The third-order valence-corrected chi connectivity index (χ3v) is 2.00. The summed E-state index contributed by atoms with van der Waals surface area (Å²) in [7, 11) is 0. The number of carboxylic acids is 1. The first kappa shape index (κ1) is 7.10. The molecule has 1 N–H and O–H groups in total. The van der Waals surface area contributed by atoms with E-state index < -0.39 is 11.4 Å². The molecule has 1 aromatic rings. The van der Waals surface area contributed by atoms with Crippen LogP contribution in [0.3, 0.4) is 0 Å². The van der Waals surface area contributed by atoms with Crippen LogP contribution in [-0.2, 0) is 10.2 Å². The zero-order valence-corrected chi connectivity index (χ0v) is 6.32. The van der Waals surface area contributed by atoms with Crippen LogP contribution < -0.4 is 0 Å². The van der Waals surface area contributed by atoms with E-state index in [2.05, 4.69) is 6.08 Å². The van der Waals surface area contributed by atoms with E-state index in [9.17, 15) is 4.79 Å². The molecule has 2 nitrogen and oxygen atoms in total. The minimum atomic E-state index is -0.915. The molecular formula is C10H7O2. The van der Waals surface area contributed by atoms with Gasteiger partial charge in [0.05, 0.1) is 0 Å². The van der Waals surface area contributed by atoms with Crippen molar-refractivity contribution in [3.05, 3.63) is 48.0 Å². The summed E-state index contributed by atoms with van der Waals surface area (Å²) in [6.07, 6.45) is 4.31. The summed E-state index contributed by atoms with van der Waals surface area (Å²) in [6, 6.07) is 9.11. The summed E-state index contributed by atoms with van der Waals surface area (Å²) in [4.78, 5) is 10.8. The molecule has 0 fully saturated rings. The van der Waals surface area contributed by atoms with Gasteiger partial charge >= 0.3 is 5.97 Å². The molecule has 2 rings (SSSR count). The molecule has 0 aromatic heterocycles. The van der Waals surface area contributed by atoms with Gasteiger partial charge in [0.1, 0.15) is 5.41 Å². The predicted molar refractivity (Wildman–Crippen MR) is 43.6 cm³/mol. The molecule has 1 aliphatic carbocycles. The number of hydrogen-bond acceptors (Lipinski definition) is 1. The molecule has 0 unspecified atom stereocenters. The standard InChI is InChI=1S/C10H7O2/c11-9(12)10(6-7-10)8-4-2-1-3-5-8/h1-6H,(H,11,12)/t10-/m0/s1. The van der Waals surface area contributed by atoms with Crippen LogP contribution in [0.5, 0.6) is 0 Å². The molecule has 2 heteroatoms. The van der Waals surface area contributed by atoms with Crippen LogP contribution in [0.1, 0.15) is 5.56 Å². The van der Waals surface area contributed by atoms with E-state index >= 15 is 0 Å². The van der Waals surface area contributed by atoms with Crippen molar-refractivity contribution < 1.29 is 9.90 Å². The molecule has 1 radical (unpaired) electrons. The maximum atomic E-state index is 10.8. The van der Waals surface area contributed by atoms with E-state index in [1.165, 1.54) is 0 Å². The minimum absolute atomic E-state index is 0.775. The number of carbonyl (C=O) groups is 1. The Balaban J connectivity index is 2.38. The summed E-state index contributed by atoms with van der Waals surface area (Å²) in [6.45, 7) is 0. The van der Waals surface area contributed by atoms with Gasteiger partial charge in [-0.15, -0.1) is 0 Å². The van der Waals surface area contributed by atoms with Gasteiger partial charge in [0.15, 0.2) is 0 Å². The first-order valence-corrected chi connectivity index (χ1v) is 3.67. The number of carboxylic acid groups (broad SMARTS) is 1. The van der Waals surface area contributed by atoms with Crippen LogP contribution in [0.15, 0.2) is 36.4 Å². The Kier molecular flexibility index (Phi) is 1.30. The van der Waals surface area contributed by atoms with Crippen molar-refractivity contribution in [3.8, 4) is 0 Å². The lowest BCUT2D eigenvalue weighted by atomic mass is 9.94. The smallest absolute Gasteiger partial charge is 0.322 e. The summed E-state index contributed by atoms with van der Waals surface area (Å²) >= 11 is 0. The van der Waals surface area contributed by atoms with Gasteiger partial charge in [-0.05, 0) is 11.6 Å². The molecule has 0 saturated heterocycles. The number of benzene rings is 1. The van der Waals surface area contributed by atoms with Crippen LogP contribution in [0, 0.1) is 6.08 Å². The minimum Gasteiger partial charge on any atom is -0.480 e. The highest BCUT2D eigenvalue weighted by Gasteiger charge is 2.44. The summed E-state index contributed by atoms with van der Waals surface area (Å²) in [5, 5.41) is 8.86. The normalized spacial score (nSPS) is 17.3. The van der Waals surface area contributed by atoms with E-state index in [4.69, 9.17) is 5.11 Å². The lowest BCUT2D eigenvalue weighted by Gasteiger charge is -2.08. The van der Waals surface area contributed by atoms with Gasteiger partial charge in [0.25, 0.3) is 0 Å². The molecule has 0 aliphatic heterocycles. The van der Waals surface area contributed by atoms with Crippen molar-refractivity contribution in [2.24, 2.45) is 0 Å². The lowest BCUT2D eigenvalue weighted by molar-refractivity contribution is -0.139. The van der Waals surface area contributed by atoms with Crippen molar-refractivity contribution in [3.63, 3.8) is 0 Å². The first-order valence-electron chi connectivity index (χ1n) is 3.67. The fourth-order valence-electron chi connectivity index (χ4n) is 1.19. The second-order valence-corrected chi connectivity index (χ2v) is 2.77. The molecule has 12 heavy (non-hydrogen) atoms. The Morgan fingerprint density at radius 3 is 2.33 bits per heavy atom. The highest BCUT2D eigenvalue weighted by molar-refractivity contribution is 5.90. The number of aliphatic carboxylic acids is 1. The van der Waals surface area contributed by atoms with Gasteiger partial charge < -0.3 is 5.11 Å². The molecule has 1 atom stereocenters. The van der Waals surface area contributed by atoms with Crippen molar-refractivity contribution in [1.82, 2.24) is 0 Å². The molecule has 0 spiro atoms. The lowest BCUT2D eigenvalue weighted by Crippen LogP contribution is -2.21. The summed E-state index contributed by atoms with van der Waals surface area (Å²) in [5.74, 6) is -0.853. The van der Waals surface area contributed by atoms with Gasteiger partial charge in [-0.1, -0.05) is 36.4 Å². The maximum absolute atomic E-state index is 10.8. The third-order valence-electron chi connectivity index (χ3n) is 2.00. The largest absolute Gasteiger partial charge is 0.480 e. The van der Waals surface area contributed by atoms with Gasteiger partial charge in [0, 0.05) is 0 Å². The van der Waals surface area contributed by atoms with E-state index in [1.54, 1.807) is 18.2 Å². The van der Waals surface area contributed by atoms with E-state index in [0.717, 1.165) is 5.56 Å². The fraction of sp³-hybridized carbons (Fsp3) is 0.100. The molecule has 1 aliphatic rings. The second-order valence-electron chi connectivity index (χ2n) is 2.77. The number of rotatable bonds is 2. The SMILES string of the molecule is O=C(O)[C@]1(c2ccccc2)[C]=C1. The van der Waals surface area contributed by atoms with E-state index in [1.807, 2.05) is 18.2 Å². The van der Waals surface area contributed by atoms with Crippen LogP contribution in [0.2, 0.25) is 0 Å². The molecule has 0 bridgehead atoms. The molecule has 0 amide bonds. The van der Waals surface area contributed by atoms with Crippen LogP contribution >= 0.6 is 0 Å². The quantitative estimate of drug-likeness (QED) is 0.707. The summed E-state index contributed by atoms with van der Waals surface area (Å²) < 4.78 is 0. The highest BCUT2D eigenvalue weighted by Crippen LogP contribution is 2.37. The third kappa shape index (κ3) is 0.848. The zero-order valence-electron chi connectivity index (χ0n) is 6.32. The topological polar surface area (TPSA) is 37.3 Å². The Hall–Kier alpha value is -1.57. The average Bonchev–Trinajstić information content (AvgIpc) is 2.86. The monoisotopic (exact) mass is 159 g/mol. The van der Waals surface area contributed by atoms with Gasteiger partial charge in [-0.25, -0.2) is 0 Å². The Bertz CT molecular complexity index is 332. The van der Waals surface area contributed by atoms with Crippen LogP contribution in [0.25, 0.3) is 0 Å². The second kappa shape index (κ2) is 2.21. The molecule has 1 aromatic carbocycles. The van der Waals surface area contributed by atoms with Gasteiger partial charge in [-0.2, -0.15) is 0 Å². The maximum Gasteiger partial charge on any atom is 0.322 e. The molecule has 59 valence electrons. The summed E-state index contributed by atoms with van der Waals surface area (Å²) in [5.41, 5.74) is -0.140. The van der Waals surface area contributed by atoms with Crippen molar-refractivity contribution >= 4 is 5.97 Å². The first-order chi connectivity index (χ1) is 5.76. The number of hydrogen-bond donors (Lipinski definition) is 1. The van der Waals surface area contributed by atoms with Gasteiger partial charge in [-0.3, -0.25) is 4.79 Å². The Morgan fingerprint density at radius 1 is 1.33 bits per heavy atom.